The van der Waals surface area contributed by atoms with Crippen molar-refractivity contribution >= 4 is 27.4 Å². The summed E-state index contributed by atoms with van der Waals surface area (Å²) in [4.78, 5) is 11.8. The van der Waals surface area contributed by atoms with Crippen molar-refractivity contribution in [3.05, 3.63) is 28.8 Å². The number of carbonyl (C=O) groups is 1. The largest absolute Gasteiger partial charge is 0.402 e. The highest BCUT2D eigenvalue weighted by molar-refractivity contribution is 7.89. The van der Waals surface area contributed by atoms with Crippen LogP contribution in [0.15, 0.2) is 23.1 Å². The van der Waals surface area contributed by atoms with Crippen LogP contribution in [0.4, 0.5) is 13.2 Å². The van der Waals surface area contributed by atoms with E-state index in [0.29, 0.717) is 0 Å². The van der Waals surface area contributed by atoms with Gasteiger partial charge in [0.15, 0.2) is 5.78 Å². The monoisotopic (exact) mass is 357 g/mol. The quantitative estimate of drug-likeness (QED) is 0.840. The molecule has 0 saturated carbocycles. The molecule has 0 radical (unpaired) electrons. The minimum atomic E-state index is -4.68. The highest BCUT2D eigenvalue weighted by Crippen LogP contribution is 2.28. The van der Waals surface area contributed by atoms with Crippen molar-refractivity contribution in [3.63, 3.8) is 0 Å². The Labute approximate surface area is 131 Å². The molecule has 0 aliphatic rings. The molecule has 1 aromatic carbocycles. The molecular formula is C13H15ClF3NO3S. The number of benzene rings is 1. The summed E-state index contributed by atoms with van der Waals surface area (Å²) in [5, 5.41) is 0.0368. The summed E-state index contributed by atoms with van der Waals surface area (Å²) in [6.45, 7) is 3.17. The van der Waals surface area contributed by atoms with E-state index in [4.69, 9.17) is 11.6 Å². The first-order valence-corrected chi connectivity index (χ1v) is 8.01. The van der Waals surface area contributed by atoms with Crippen LogP contribution in [-0.4, -0.2) is 26.9 Å². The predicted octanol–water partition coefficient (Wildman–Crippen LogP) is 3.41. The van der Waals surface area contributed by atoms with Gasteiger partial charge in [0, 0.05) is 11.0 Å². The lowest BCUT2D eigenvalue weighted by molar-refractivity contribution is -0.121. The number of ketones is 1. The van der Waals surface area contributed by atoms with Gasteiger partial charge in [-0.3, -0.25) is 4.79 Å². The van der Waals surface area contributed by atoms with Crippen LogP contribution in [0, 0.1) is 5.41 Å². The summed E-state index contributed by atoms with van der Waals surface area (Å²) in [5.41, 5.74) is -0.866. The van der Waals surface area contributed by atoms with E-state index in [1.54, 1.807) is 20.8 Å². The normalized spacial score (nSPS) is 13.2. The van der Waals surface area contributed by atoms with Gasteiger partial charge >= 0.3 is 6.18 Å². The summed E-state index contributed by atoms with van der Waals surface area (Å²) < 4.78 is 61.5. The minimum absolute atomic E-state index is 0.0368. The fraction of sp³-hybridized carbons (Fsp3) is 0.462. The molecule has 4 nitrogen and oxygen atoms in total. The van der Waals surface area contributed by atoms with Crippen molar-refractivity contribution in [2.75, 3.05) is 6.54 Å². The number of Topliss-reactive ketones (excluding diaryl/α,β-unsaturated/α-hetero) is 1. The Balaban J connectivity index is 3.21. The first-order valence-electron chi connectivity index (χ1n) is 6.15. The Kier molecular flexibility index (Phi) is 5.31. The Morgan fingerprint density at radius 1 is 1.23 bits per heavy atom. The lowest BCUT2D eigenvalue weighted by Gasteiger charge is -2.18. The molecule has 0 aliphatic heterocycles. The standard InChI is InChI=1S/C13H15ClF3NO3S/c1-12(2,3)11(19)9-6-8(4-5-10(9)14)22(20,21)18-7-13(15,16)17/h4-6,18H,7H2,1-3H3. The van der Waals surface area contributed by atoms with Crippen LogP contribution in [0.1, 0.15) is 31.1 Å². The Morgan fingerprint density at radius 2 is 1.77 bits per heavy atom. The number of hydrogen-bond acceptors (Lipinski definition) is 3. The van der Waals surface area contributed by atoms with Crippen LogP contribution in [0.3, 0.4) is 0 Å². The number of hydrogen-bond donors (Lipinski definition) is 1. The smallest absolute Gasteiger partial charge is 0.294 e. The zero-order chi connectivity index (χ0) is 17.3. The number of halogens is 4. The van der Waals surface area contributed by atoms with Crippen LogP contribution < -0.4 is 4.72 Å². The number of carbonyl (C=O) groups excluding carboxylic acids is 1. The lowest BCUT2D eigenvalue weighted by atomic mass is 9.86. The summed E-state index contributed by atoms with van der Waals surface area (Å²) >= 11 is 5.88. The van der Waals surface area contributed by atoms with Crippen LogP contribution in [0.2, 0.25) is 5.02 Å². The average Bonchev–Trinajstić information content (AvgIpc) is 2.34. The van der Waals surface area contributed by atoms with Crippen molar-refractivity contribution in [2.24, 2.45) is 5.41 Å². The van der Waals surface area contributed by atoms with E-state index < -0.39 is 38.8 Å². The average molecular weight is 358 g/mol. The SMILES string of the molecule is CC(C)(C)C(=O)c1cc(S(=O)(=O)NCC(F)(F)F)ccc1Cl. The molecule has 0 spiro atoms. The summed E-state index contributed by atoms with van der Waals surface area (Å²) in [6.07, 6.45) is -4.68. The van der Waals surface area contributed by atoms with Gasteiger partial charge in [-0.1, -0.05) is 32.4 Å². The van der Waals surface area contributed by atoms with Crippen LogP contribution >= 0.6 is 11.6 Å². The van der Waals surface area contributed by atoms with E-state index >= 15 is 0 Å². The predicted molar refractivity (Wildman–Crippen MR) is 76.5 cm³/mol. The fourth-order valence-corrected chi connectivity index (χ4v) is 2.75. The number of sulfonamides is 1. The zero-order valence-electron chi connectivity index (χ0n) is 12.1. The van der Waals surface area contributed by atoms with Gasteiger partial charge in [-0.25, -0.2) is 13.1 Å². The number of nitrogens with one attached hydrogen (secondary N) is 1. The third kappa shape index (κ3) is 4.96. The van der Waals surface area contributed by atoms with Crippen molar-refractivity contribution in [2.45, 2.75) is 31.8 Å². The van der Waals surface area contributed by atoms with E-state index in [1.807, 2.05) is 0 Å². The van der Waals surface area contributed by atoms with Crippen molar-refractivity contribution in [3.8, 4) is 0 Å². The summed E-state index contributed by atoms with van der Waals surface area (Å²) in [6, 6.07) is 3.19. The zero-order valence-corrected chi connectivity index (χ0v) is 13.7. The number of alkyl halides is 3. The molecule has 0 bridgehead atoms. The molecule has 124 valence electrons. The highest BCUT2D eigenvalue weighted by Gasteiger charge is 2.31. The van der Waals surface area contributed by atoms with Gasteiger partial charge in [-0.15, -0.1) is 0 Å². The molecule has 0 saturated heterocycles. The third-order valence-corrected chi connectivity index (χ3v) is 4.37. The van der Waals surface area contributed by atoms with Crippen molar-refractivity contribution in [1.29, 1.82) is 0 Å². The van der Waals surface area contributed by atoms with Crippen molar-refractivity contribution in [1.82, 2.24) is 4.72 Å². The van der Waals surface area contributed by atoms with Crippen LogP contribution in [0.5, 0.6) is 0 Å². The maximum atomic E-state index is 12.2. The van der Waals surface area contributed by atoms with E-state index in [2.05, 4.69) is 0 Å². The second-order valence-electron chi connectivity index (χ2n) is 5.66. The number of rotatable bonds is 4. The molecule has 0 heterocycles. The fourth-order valence-electron chi connectivity index (χ4n) is 1.51. The maximum absolute atomic E-state index is 12.2. The van der Waals surface area contributed by atoms with Gasteiger partial charge in [0.1, 0.15) is 6.54 Å². The maximum Gasteiger partial charge on any atom is 0.402 e. The molecule has 0 fully saturated rings. The lowest BCUT2D eigenvalue weighted by Crippen LogP contribution is -2.34. The molecule has 0 aliphatic carbocycles. The van der Waals surface area contributed by atoms with E-state index in [-0.39, 0.29) is 10.6 Å². The topological polar surface area (TPSA) is 63.2 Å². The Hall–Kier alpha value is -1.12. The molecule has 0 amide bonds. The van der Waals surface area contributed by atoms with E-state index in [0.717, 1.165) is 12.1 Å². The molecule has 22 heavy (non-hydrogen) atoms. The second-order valence-corrected chi connectivity index (χ2v) is 7.83. The third-order valence-electron chi connectivity index (χ3n) is 2.64. The first-order chi connectivity index (χ1) is 9.74. The molecule has 1 N–H and O–H groups in total. The molecule has 1 rings (SSSR count). The molecule has 0 unspecified atom stereocenters. The van der Waals surface area contributed by atoms with Gasteiger partial charge in [0.05, 0.1) is 9.92 Å². The van der Waals surface area contributed by atoms with Gasteiger partial charge in [0.2, 0.25) is 10.0 Å². The molecule has 0 aromatic heterocycles. The van der Waals surface area contributed by atoms with E-state index in [1.165, 1.54) is 10.8 Å². The molecule has 0 atom stereocenters. The molecular weight excluding hydrogens is 343 g/mol. The van der Waals surface area contributed by atoms with Gasteiger partial charge in [-0.2, -0.15) is 13.2 Å². The van der Waals surface area contributed by atoms with Gasteiger partial charge in [-0.05, 0) is 18.2 Å². The van der Waals surface area contributed by atoms with Gasteiger partial charge < -0.3 is 0 Å². The molecule has 9 heteroatoms. The van der Waals surface area contributed by atoms with Crippen molar-refractivity contribution < 1.29 is 26.4 Å². The second kappa shape index (κ2) is 6.17. The van der Waals surface area contributed by atoms with Gasteiger partial charge in [0.25, 0.3) is 0 Å². The highest BCUT2D eigenvalue weighted by atomic mass is 35.5. The van der Waals surface area contributed by atoms with Crippen LogP contribution in [0.25, 0.3) is 0 Å². The first kappa shape index (κ1) is 18.9. The summed E-state index contributed by atoms with van der Waals surface area (Å²) in [5.74, 6) is -0.412. The molecule has 1 aromatic rings. The van der Waals surface area contributed by atoms with E-state index in [9.17, 15) is 26.4 Å². The Bertz CT molecular complexity index is 679. The minimum Gasteiger partial charge on any atom is -0.294 e. The summed E-state index contributed by atoms with van der Waals surface area (Å²) in [7, 11) is -4.39. The van der Waals surface area contributed by atoms with Crippen LogP contribution in [-0.2, 0) is 10.0 Å². The Morgan fingerprint density at radius 3 is 2.23 bits per heavy atom.